The highest BCUT2D eigenvalue weighted by Gasteiger charge is 2.31. The number of amides is 1. The van der Waals surface area contributed by atoms with Gasteiger partial charge in [-0.1, -0.05) is 53.8 Å². The largest absolute Gasteiger partial charge is 0.481 e. The lowest BCUT2D eigenvalue weighted by atomic mass is 10.2. The van der Waals surface area contributed by atoms with Crippen LogP contribution in [0.5, 0.6) is 0 Å². The molecular formula is C14H12ClNO3S2. The quantitative estimate of drug-likeness (QED) is 0.657. The van der Waals surface area contributed by atoms with E-state index in [9.17, 15) is 9.59 Å². The molecule has 0 aromatic heterocycles. The first-order valence-corrected chi connectivity index (χ1v) is 7.81. The van der Waals surface area contributed by atoms with Gasteiger partial charge < -0.3 is 5.11 Å². The van der Waals surface area contributed by atoms with Gasteiger partial charge >= 0.3 is 5.97 Å². The molecule has 0 saturated carbocycles. The molecule has 2 rings (SSSR count). The average Bonchev–Trinajstić information content (AvgIpc) is 2.68. The standard InChI is InChI=1S/C14H12ClNO3S2/c15-10-5-2-1-4-9(10)8-11-13(19)16(14(20)21-11)7-3-6-12(17)18/h1-2,4-5,8H,3,6-7H2,(H,17,18)/b11-8+. The van der Waals surface area contributed by atoms with Crippen LogP contribution in [0.2, 0.25) is 5.02 Å². The van der Waals surface area contributed by atoms with Crippen molar-refractivity contribution in [1.29, 1.82) is 0 Å². The van der Waals surface area contributed by atoms with Crippen molar-refractivity contribution in [2.24, 2.45) is 0 Å². The van der Waals surface area contributed by atoms with E-state index in [-0.39, 0.29) is 12.3 Å². The van der Waals surface area contributed by atoms with E-state index in [0.29, 0.717) is 27.2 Å². The summed E-state index contributed by atoms with van der Waals surface area (Å²) in [6.07, 6.45) is 2.10. The van der Waals surface area contributed by atoms with Gasteiger partial charge in [0.25, 0.3) is 5.91 Å². The van der Waals surface area contributed by atoms with Gasteiger partial charge in [-0.05, 0) is 24.1 Å². The highest BCUT2D eigenvalue weighted by Crippen LogP contribution is 2.33. The molecular weight excluding hydrogens is 330 g/mol. The van der Waals surface area contributed by atoms with Crippen molar-refractivity contribution >= 4 is 57.9 Å². The first-order chi connectivity index (χ1) is 9.99. The van der Waals surface area contributed by atoms with Crippen LogP contribution < -0.4 is 0 Å². The van der Waals surface area contributed by atoms with Crippen molar-refractivity contribution < 1.29 is 14.7 Å². The first kappa shape index (κ1) is 16.0. The summed E-state index contributed by atoms with van der Waals surface area (Å²) in [4.78, 5) is 24.7. The topological polar surface area (TPSA) is 57.6 Å². The Kier molecular flexibility index (Phi) is 5.39. The minimum Gasteiger partial charge on any atom is -0.481 e. The molecule has 1 aliphatic rings. The second kappa shape index (κ2) is 7.06. The summed E-state index contributed by atoms with van der Waals surface area (Å²) in [6.45, 7) is 0.316. The van der Waals surface area contributed by atoms with Gasteiger partial charge in [-0.15, -0.1) is 0 Å². The second-order valence-corrected chi connectivity index (χ2v) is 6.44. The SMILES string of the molecule is O=C(O)CCCN1C(=O)/C(=C\c2ccccc2Cl)SC1=S. The minimum absolute atomic E-state index is 0.0145. The molecule has 1 fully saturated rings. The van der Waals surface area contributed by atoms with Gasteiger partial charge in [0, 0.05) is 18.0 Å². The highest BCUT2D eigenvalue weighted by molar-refractivity contribution is 8.26. The van der Waals surface area contributed by atoms with E-state index in [1.165, 1.54) is 16.7 Å². The Morgan fingerprint density at radius 1 is 1.43 bits per heavy atom. The lowest BCUT2D eigenvalue weighted by Gasteiger charge is -2.13. The molecule has 1 aromatic carbocycles. The molecule has 0 aliphatic carbocycles. The van der Waals surface area contributed by atoms with E-state index in [2.05, 4.69) is 0 Å². The average molecular weight is 342 g/mol. The zero-order valence-electron chi connectivity index (χ0n) is 10.9. The maximum atomic E-state index is 12.3. The Bertz CT molecular complexity index is 630. The number of halogens is 1. The molecule has 0 radical (unpaired) electrons. The number of thioether (sulfide) groups is 1. The van der Waals surface area contributed by atoms with Crippen LogP contribution in [0.1, 0.15) is 18.4 Å². The predicted octanol–water partition coefficient (Wildman–Crippen LogP) is 3.41. The number of hydrogen-bond acceptors (Lipinski definition) is 4. The van der Waals surface area contributed by atoms with E-state index < -0.39 is 5.97 Å². The van der Waals surface area contributed by atoms with Crippen molar-refractivity contribution in [1.82, 2.24) is 4.90 Å². The van der Waals surface area contributed by atoms with Gasteiger partial charge in [0.1, 0.15) is 4.32 Å². The molecule has 1 amide bonds. The Morgan fingerprint density at radius 3 is 2.81 bits per heavy atom. The maximum Gasteiger partial charge on any atom is 0.303 e. The first-order valence-electron chi connectivity index (χ1n) is 6.20. The zero-order chi connectivity index (χ0) is 15.4. The van der Waals surface area contributed by atoms with Crippen LogP contribution in [-0.2, 0) is 9.59 Å². The summed E-state index contributed by atoms with van der Waals surface area (Å²) in [6, 6.07) is 7.22. The summed E-state index contributed by atoms with van der Waals surface area (Å²) >= 11 is 12.4. The summed E-state index contributed by atoms with van der Waals surface area (Å²) in [5.74, 6) is -1.08. The number of carbonyl (C=O) groups excluding carboxylic acids is 1. The number of nitrogens with zero attached hydrogens (tertiary/aromatic N) is 1. The maximum absolute atomic E-state index is 12.3. The summed E-state index contributed by atoms with van der Waals surface area (Å²) in [5, 5.41) is 9.19. The van der Waals surface area contributed by atoms with Crippen molar-refractivity contribution in [3.05, 3.63) is 39.8 Å². The number of aliphatic carboxylic acids is 1. The molecule has 0 unspecified atom stereocenters. The Hall–Kier alpha value is -1.37. The Morgan fingerprint density at radius 2 is 2.14 bits per heavy atom. The fourth-order valence-electron chi connectivity index (χ4n) is 1.81. The van der Waals surface area contributed by atoms with Crippen molar-refractivity contribution in [2.45, 2.75) is 12.8 Å². The van der Waals surface area contributed by atoms with Crippen LogP contribution in [-0.4, -0.2) is 32.7 Å². The van der Waals surface area contributed by atoms with Crippen LogP contribution >= 0.6 is 35.6 Å². The lowest BCUT2D eigenvalue weighted by molar-refractivity contribution is -0.137. The van der Waals surface area contributed by atoms with E-state index >= 15 is 0 Å². The molecule has 110 valence electrons. The number of carbonyl (C=O) groups is 2. The third-order valence-electron chi connectivity index (χ3n) is 2.84. The van der Waals surface area contributed by atoms with Gasteiger partial charge in [-0.25, -0.2) is 0 Å². The van der Waals surface area contributed by atoms with Gasteiger partial charge in [0.15, 0.2) is 0 Å². The van der Waals surface area contributed by atoms with Crippen LogP contribution in [0.15, 0.2) is 29.2 Å². The molecule has 4 nitrogen and oxygen atoms in total. The minimum atomic E-state index is -0.882. The smallest absolute Gasteiger partial charge is 0.303 e. The van der Waals surface area contributed by atoms with Gasteiger partial charge in [-0.3, -0.25) is 14.5 Å². The summed E-state index contributed by atoms with van der Waals surface area (Å²) in [7, 11) is 0. The van der Waals surface area contributed by atoms with E-state index in [1.54, 1.807) is 12.1 Å². The molecule has 7 heteroatoms. The highest BCUT2D eigenvalue weighted by atomic mass is 35.5. The molecule has 0 bridgehead atoms. The second-order valence-electron chi connectivity index (χ2n) is 4.35. The molecule has 1 N–H and O–H groups in total. The number of thiocarbonyl (C=S) groups is 1. The molecule has 1 aromatic rings. The van der Waals surface area contributed by atoms with E-state index in [0.717, 1.165) is 5.56 Å². The van der Waals surface area contributed by atoms with Crippen LogP contribution in [0.3, 0.4) is 0 Å². The van der Waals surface area contributed by atoms with Crippen LogP contribution in [0.4, 0.5) is 0 Å². The van der Waals surface area contributed by atoms with E-state index in [1.807, 2.05) is 18.2 Å². The Labute approximate surface area is 136 Å². The predicted molar refractivity (Wildman–Crippen MR) is 88.2 cm³/mol. The van der Waals surface area contributed by atoms with Crippen molar-refractivity contribution in [2.75, 3.05) is 6.54 Å². The number of carboxylic acids is 1. The van der Waals surface area contributed by atoms with Gasteiger partial charge in [-0.2, -0.15) is 0 Å². The third kappa shape index (κ3) is 4.06. The van der Waals surface area contributed by atoms with Crippen LogP contribution in [0.25, 0.3) is 6.08 Å². The fourth-order valence-corrected chi connectivity index (χ4v) is 3.30. The summed E-state index contributed by atoms with van der Waals surface area (Å²) < 4.78 is 0.448. The normalized spacial score (nSPS) is 16.8. The third-order valence-corrected chi connectivity index (χ3v) is 4.56. The molecule has 1 heterocycles. The van der Waals surface area contributed by atoms with Gasteiger partial charge in [0.2, 0.25) is 0 Å². The number of rotatable bonds is 5. The fraction of sp³-hybridized carbons (Fsp3) is 0.214. The van der Waals surface area contributed by atoms with E-state index in [4.69, 9.17) is 28.9 Å². The molecule has 0 spiro atoms. The molecule has 1 saturated heterocycles. The molecule has 21 heavy (non-hydrogen) atoms. The zero-order valence-corrected chi connectivity index (χ0v) is 13.3. The van der Waals surface area contributed by atoms with Gasteiger partial charge in [0.05, 0.1) is 4.91 Å². The number of benzene rings is 1. The summed E-state index contributed by atoms with van der Waals surface area (Å²) in [5.41, 5.74) is 0.755. The Balaban J connectivity index is 2.11. The lowest BCUT2D eigenvalue weighted by Crippen LogP contribution is -2.29. The number of hydrogen-bond donors (Lipinski definition) is 1. The van der Waals surface area contributed by atoms with Crippen molar-refractivity contribution in [3.8, 4) is 0 Å². The van der Waals surface area contributed by atoms with Crippen LogP contribution in [0, 0.1) is 0 Å². The number of carboxylic acid groups (broad SMARTS) is 1. The molecule has 1 aliphatic heterocycles. The molecule has 0 atom stereocenters. The monoisotopic (exact) mass is 341 g/mol. The van der Waals surface area contributed by atoms with Crippen molar-refractivity contribution in [3.63, 3.8) is 0 Å².